The lowest BCUT2D eigenvalue weighted by atomic mass is 10.1. The molecule has 1 aromatic rings. The molecule has 10 heteroatoms. The second-order valence-corrected chi connectivity index (χ2v) is 4.02. The third kappa shape index (κ3) is 3.96. The molecule has 0 aliphatic rings. The highest BCUT2D eigenvalue weighted by Crippen LogP contribution is 2.22. The lowest BCUT2D eigenvalue weighted by Crippen LogP contribution is -2.40. The molecule has 0 unspecified atom stereocenters. The molecule has 1 rings (SSSR count). The molecule has 0 aromatic heterocycles. The van der Waals surface area contributed by atoms with Crippen molar-refractivity contribution in [2.75, 3.05) is 0 Å². The molecule has 0 spiro atoms. The van der Waals surface area contributed by atoms with Crippen molar-refractivity contribution in [2.45, 2.75) is 19.4 Å². The maximum atomic E-state index is 11.8. The van der Waals surface area contributed by atoms with E-state index in [2.05, 4.69) is 5.32 Å². The predicted octanol–water partition coefficient (Wildman–Crippen LogP) is 1.10. The third-order valence-corrected chi connectivity index (χ3v) is 2.60. The zero-order valence-electron chi connectivity index (χ0n) is 10.8. The first kappa shape index (κ1) is 16.0. The number of aliphatic carboxylic acids is 1. The van der Waals surface area contributed by atoms with Crippen LogP contribution in [0, 0.1) is 20.2 Å². The van der Waals surface area contributed by atoms with Crippen molar-refractivity contribution in [3.8, 4) is 0 Å². The van der Waals surface area contributed by atoms with Crippen molar-refractivity contribution in [3.05, 3.63) is 44.0 Å². The van der Waals surface area contributed by atoms with Crippen LogP contribution in [0.4, 0.5) is 11.4 Å². The van der Waals surface area contributed by atoms with Crippen LogP contribution in [0.1, 0.15) is 23.7 Å². The summed E-state index contributed by atoms with van der Waals surface area (Å²) in [5, 5.41) is 32.3. The highest BCUT2D eigenvalue weighted by molar-refractivity contribution is 5.97. The highest BCUT2D eigenvalue weighted by atomic mass is 16.6. The van der Waals surface area contributed by atoms with Crippen LogP contribution in [-0.2, 0) is 4.79 Å². The number of nitro groups is 2. The Morgan fingerprint density at radius 3 is 2.00 bits per heavy atom. The molecule has 10 nitrogen and oxygen atoms in total. The Kier molecular flexibility index (Phi) is 4.89. The predicted molar refractivity (Wildman–Crippen MR) is 68.9 cm³/mol. The highest BCUT2D eigenvalue weighted by Gasteiger charge is 2.23. The Bertz CT molecular complexity index is 582. The molecule has 0 saturated heterocycles. The average molecular weight is 297 g/mol. The summed E-state index contributed by atoms with van der Waals surface area (Å²) in [6.07, 6.45) is 0.0953. The van der Waals surface area contributed by atoms with Crippen LogP contribution >= 0.6 is 0 Å². The van der Waals surface area contributed by atoms with Crippen molar-refractivity contribution in [1.29, 1.82) is 0 Å². The van der Waals surface area contributed by atoms with Crippen LogP contribution in [0.2, 0.25) is 0 Å². The monoisotopic (exact) mass is 297 g/mol. The van der Waals surface area contributed by atoms with Gasteiger partial charge in [0.1, 0.15) is 6.04 Å². The number of nitro benzene ring substituents is 2. The van der Waals surface area contributed by atoms with E-state index in [4.69, 9.17) is 5.11 Å². The largest absolute Gasteiger partial charge is 0.480 e. The number of hydrogen-bond acceptors (Lipinski definition) is 6. The van der Waals surface area contributed by atoms with Gasteiger partial charge >= 0.3 is 5.97 Å². The van der Waals surface area contributed by atoms with Crippen LogP contribution < -0.4 is 5.32 Å². The van der Waals surface area contributed by atoms with Crippen molar-refractivity contribution < 1.29 is 24.5 Å². The molecule has 0 aliphatic heterocycles. The standard InChI is InChI=1S/C11H11N3O7/c1-2-9(11(16)17)12-10(15)6-3-7(13(18)19)5-8(4-6)14(20)21/h3-5,9H,2H2,1H3,(H,12,15)(H,16,17)/t9-/m1/s1. The van der Waals surface area contributed by atoms with E-state index in [-0.39, 0.29) is 12.0 Å². The van der Waals surface area contributed by atoms with Gasteiger partial charge in [0, 0.05) is 12.1 Å². The lowest BCUT2D eigenvalue weighted by Gasteiger charge is -2.11. The van der Waals surface area contributed by atoms with Crippen LogP contribution in [0.15, 0.2) is 18.2 Å². The summed E-state index contributed by atoms with van der Waals surface area (Å²) < 4.78 is 0. The second-order valence-electron chi connectivity index (χ2n) is 4.02. The molecule has 0 fully saturated rings. The van der Waals surface area contributed by atoms with E-state index in [1.807, 2.05) is 0 Å². The molecule has 1 amide bonds. The number of hydrogen-bond donors (Lipinski definition) is 2. The quantitative estimate of drug-likeness (QED) is 0.588. The van der Waals surface area contributed by atoms with Crippen LogP contribution in [-0.4, -0.2) is 32.9 Å². The first-order chi connectivity index (χ1) is 9.76. The van der Waals surface area contributed by atoms with E-state index in [1.54, 1.807) is 0 Å². The smallest absolute Gasteiger partial charge is 0.326 e. The molecule has 2 N–H and O–H groups in total. The number of carbonyl (C=O) groups excluding carboxylic acids is 1. The van der Waals surface area contributed by atoms with Gasteiger partial charge < -0.3 is 10.4 Å². The first-order valence-electron chi connectivity index (χ1n) is 5.73. The topological polar surface area (TPSA) is 153 Å². The Labute approximate surface area is 117 Å². The van der Waals surface area contributed by atoms with E-state index in [0.717, 1.165) is 12.1 Å². The van der Waals surface area contributed by atoms with E-state index in [0.29, 0.717) is 6.07 Å². The minimum absolute atomic E-state index is 0.0953. The fourth-order valence-electron chi connectivity index (χ4n) is 1.52. The van der Waals surface area contributed by atoms with Gasteiger partial charge in [-0.15, -0.1) is 0 Å². The number of non-ortho nitro benzene ring substituents is 2. The van der Waals surface area contributed by atoms with Gasteiger partial charge in [0.05, 0.1) is 21.5 Å². The van der Waals surface area contributed by atoms with Crippen molar-refractivity contribution >= 4 is 23.3 Å². The lowest BCUT2D eigenvalue weighted by molar-refractivity contribution is -0.394. The summed E-state index contributed by atoms with van der Waals surface area (Å²) in [6, 6.07) is 1.22. The fourth-order valence-corrected chi connectivity index (χ4v) is 1.52. The molecule has 1 aromatic carbocycles. The Hall–Kier alpha value is -3.04. The minimum Gasteiger partial charge on any atom is -0.480 e. The first-order valence-corrected chi connectivity index (χ1v) is 5.73. The van der Waals surface area contributed by atoms with Crippen LogP contribution in [0.25, 0.3) is 0 Å². The van der Waals surface area contributed by atoms with Gasteiger partial charge in [0.2, 0.25) is 0 Å². The zero-order chi connectivity index (χ0) is 16.2. The normalized spacial score (nSPS) is 11.5. The van der Waals surface area contributed by atoms with Crippen molar-refractivity contribution in [2.24, 2.45) is 0 Å². The number of carboxylic acids is 1. The molecule has 1 atom stereocenters. The Morgan fingerprint density at radius 1 is 1.19 bits per heavy atom. The number of benzene rings is 1. The minimum atomic E-state index is -1.27. The van der Waals surface area contributed by atoms with Crippen molar-refractivity contribution in [1.82, 2.24) is 5.32 Å². The Balaban J connectivity index is 3.16. The molecule has 0 bridgehead atoms. The number of rotatable bonds is 6. The number of amides is 1. The van der Waals surface area contributed by atoms with Crippen molar-refractivity contribution in [3.63, 3.8) is 0 Å². The SMILES string of the molecule is CC[C@@H](NC(=O)c1cc([N+](=O)[O-])cc([N+](=O)[O-])c1)C(=O)O. The van der Waals surface area contributed by atoms with E-state index in [1.165, 1.54) is 6.92 Å². The third-order valence-electron chi connectivity index (χ3n) is 2.60. The number of nitrogens with one attached hydrogen (secondary N) is 1. The zero-order valence-corrected chi connectivity index (χ0v) is 10.8. The van der Waals surface area contributed by atoms with Gasteiger partial charge in [-0.25, -0.2) is 4.79 Å². The van der Waals surface area contributed by atoms with Gasteiger partial charge in [-0.05, 0) is 6.42 Å². The average Bonchev–Trinajstić information content (AvgIpc) is 2.43. The molecule has 0 aliphatic carbocycles. The molecule has 0 radical (unpaired) electrons. The van der Waals surface area contributed by atoms with Gasteiger partial charge in [-0.2, -0.15) is 0 Å². The van der Waals surface area contributed by atoms with Crippen LogP contribution in [0.5, 0.6) is 0 Å². The maximum absolute atomic E-state index is 11.8. The van der Waals surface area contributed by atoms with E-state index < -0.39 is 39.1 Å². The maximum Gasteiger partial charge on any atom is 0.326 e. The summed E-state index contributed by atoms with van der Waals surface area (Å²) in [4.78, 5) is 42.3. The Morgan fingerprint density at radius 2 is 1.67 bits per heavy atom. The summed E-state index contributed by atoms with van der Waals surface area (Å²) in [5.74, 6) is -2.21. The van der Waals surface area contributed by atoms with Gasteiger partial charge in [-0.3, -0.25) is 25.0 Å². The summed E-state index contributed by atoms with van der Waals surface area (Å²) >= 11 is 0. The summed E-state index contributed by atoms with van der Waals surface area (Å²) in [5.41, 5.74) is -1.61. The molecule has 0 heterocycles. The van der Waals surface area contributed by atoms with Gasteiger partial charge in [-0.1, -0.05) is 6.92 Å². The van der Waals surface area contributed by atoms with E-state index >= 15 is 0 Å². The van der Waals surface area contributed by atoms with E-state index in [9.17, 15) is 29.8 Å². The molecule has 0 saturated carbocycles. The number of nitrogens with zero attached hydrogens (tertiary/aromatic N) is 2. The van der Waals surface area contributed by atoms with Gasteiger partial charge in [0.15, 0.2) is 0 Å². The summed E-state index contributed by atoms with van der Waals surface area (Å²) in [7, 11) is 0. The summed E-state index contributed by atoms with van der Waals surface area (Å²) in [6.45, 7) is 1.52. The molecule has 112 valence electrons. The second kappa shape index (κ2) is 6.41. The number of carbonyl (C=O) groups is 2. The molecule has 21 heavy (non-hydrogen) atoms. The number of carboxylic acid groups (broad SMARTS) is 1. The van der Waals surface area contributed by atoms with Crippen LogP contribution in [0.3, 0.4) is 0 Å². The molecular weight excluding hydrogens is 286 g/mol. The van der Waals surface area contributed by atoms with Gasteiger partial charge in [0.25, 0.3) is 17.3 Å². The molecular formula is C11H11N3O7. The fraction of sp³-hybridized carbons (Fsp3) is 0.273.